The van der Waals surface area contributed by atoms with Crippen LogP contribution in [0.4, 0.5) is 0 Å². The van der Waals surface area contributed by atoms with Crippen LogP contribution in [-0.4, -0.2) is 45.7 Å². The fourth-order valence-electron chi connectivity index (χ4n) is 3.44. The van der Waals surface area contributed by atoms with Gasteiger partial charge in [0.2, 0.25) is 5.76 Å². The van der Waals surface area contributed by atoms with E-state index in [0.717, 1.165) is 43.1 Å². The zero-order valence-corrected chi connectivity index (χ0v) is 14.9. The lowest BCUT2D eigenvalue weighted by molar-refractivity contribution is 0.0464. The number of hydrogen-bond acceptors (Lipinski definition) is 6. The predicted molar refractivity (Wildman–Crippen MR) is 91.0 cm³/mol. The summed E-state index contributed by atoms with van der Waals surface area (Å²) in [5.74, 6) is 1.53. The molecule has 0 saturated carbocycles. The van der Waals surface area contributed by atoms with E-state index < -0.39 is 12.1 Å². The summed E-state index contributed by atoms with van der Waals surface area (Å²) < 4.78 is 12.2. The molecule has 2 aromatic rings. The maximum Gasteiger partial charge on any atom is 0.374 e. The minimum atomic E-state index is -0.529. The van der Waals surface area contributed by atoms with E-state index in [-0.39, 0.29) is 11.7 Å². The SMILES string of the molecule is COC(=O)c1oc(CN2CCC(C(O)c3nccn3C)CC2)cc1C. The van der Waals surface area contributed by atoms with E-state index in [1.165, 1.54) is 7.11 Å². The molecule has 7 nitrogen and oxygen atoms in total. The molecule has 1 saturated heterocycles. The van der Waals surface area contributed by atoms with Crippen LogP contribution in [0.25, 0.3) is 0 Å². The smallest absolute Gasteiger partial charge is 0.374 e. The normalized spacial score (nSPS) is 17.6. The Morgan fingerprint density at radius 3 is 2.80 bits per heavy atom. The average molecular weight is 347 g/mol. The fourth-order valence-corrected chi connectivity index (χ4v) is 3.44. The highest BCUT2D eigenvalue weighted by molar-refractivity contribution is 5.87. The van der Waals surface area contributed by atoms with Crippen molar-refractivity contribution in [3.8, 4) is 0 Å². The molecule has 0 aromatic carbocycles. The maximum absolute atomic E-state index is 11.6. The van der Waals surface area contributed by atoms with Crippen molar-refractivity contribution in [2.75, 3.05) is 20.2 Å². The predicted octanol–water partition coefficient (Wildman–Crippen LogP) is 2.05. The van der Waals surface area contributed by atoms with Gasteiger partial charge in [-0.25, -0.2) is 9.78 Å². The first-order valence-electron chi connectivity index (χ1n) is 8.55. The number of piperidine rings is 1. The number of aliphatic hydroxyl groups is 1. The van der Waals surface area contributed by atoms with Gasteiger partial charge < -0.3 is 18.8 Å². The molecular formula is C18H25N3O4. The molecule has 2 aromatic heterocycles. The van der Waals surface area contributed by atoms with Crippen LogP contribution in [0.15, 0.2) is 22.9 Å². The van der Waals surface area contributed by atoms with Crippen molar-refractivity contribution in [2.45, 2.75) is 32.4 Å². The van der Waals surface area contributed by atoms with E-state index in [2.05, 4.69) is 9.88 Å². The van der Waals surface area contributed by atoms with Gasteiger partial charge in [-0.2, -0.15) is 0 Å². The van der Waals surface area contributed by atoms with Crippen LogP contribution in [-0.2, 0) is 18.3 Å². The summed E-state index contributed by atoms with van der Waals surface area (Å²) in [6, 6.07) is 1.89. The Bertz CT molecular complexity index is 729. The quantitative estimate of drug-likeness (QED) is 0.834. The molecule has 1 fully saturated rings. The molecular weight excluding hydrogens is 322 g/mol. The van der Waals surface area contributed by atoms with Crippen LogP contribution in [0.2, 0.25) is 0 Å². The number of hydrogen-bond donors (Lipinski definition) is 1. The number of carbonyl (C=O) groups excluding carboxylic acids is 1. The molecule has 25 heavy (non-hydrogen) atoms. The first-order valence-corrected chi connectivity index (χ1v) is 8.55. The molecule has 136 valence electrons. The van der Waals surface area contributed by atoms with Gasteiger partial charge in [-0.05, 0) is 44.8 Å². The van der Waals surface area contributed by atoms with Crippen molar-refractivity contribution < 1.29 is 19.1 Å². The average Bonchev–Trinajstić information content (AvgIpc) is 3.20. The number of esters is 1. The van der Waals surface area contributed by atoms with E-state index in [4.69, 9.17) is 9.15 Å². The van der Waals surface area contributed by atoms with Crippen LogP contribution in [0.3, 0.4) is 0 Å². The molecule has 7 heteroatoms. The third-order valence-electron chi connectivity index (χ3n) is 4.92. The Morgan fingerprint density at radius 2 is 2.20 bits per heavy atom. The second kappa shape index (κ2) is 7.41. The number of aryl methyl sites for hydroxylation is 2. The van der Waals surface area contributed by atoms with Crippen LogP contribution in [0, 0.1) is 12.8 Å². The second-order valence-corrected chi connectivity index (χ2v) is 6.67. The minimum Gasteiger partial charge on any atom is -0.463 e. The molecule has 0 radical (unpaired) electrons. The topological polar surface area (TPSA) is 80.7 Å². The molecule has 1 aliphatic heterocycles. The van der Waals surface area contributed by atoms with Crippen molar-refractivity contribution in [2.24, 2.45) is 13.0 Å². The lowest BCUT2D eigenvalue weighted by Crippen LogP contribution is -2.35. The molecule has 0 bridgehead atoms. The van der Waals surface area contributed by atoms with E-state index in [0.29, 0.717) is 6.54 Å². The Labute approximate surface area is 147 Å². The van der Waals surface area contributed by atoms with Gasteiger partial charge in [0.05, 0.1) is 13.7 Å². The minimum absolute atomic E-state index is 0.210. The molecule has 0 aliphatic carbocycles. The summed E-state index contributed by atoms with van der Waals surface area (Å²) in [4.78, 5) is 18.2. The lowest BCUT2D eigenvalue weighted by atomic mass is 9.90. The van der Waals surface area contributed by atoms with Gasteiger partial charge in [-0.15, -0.1) is 0 Å². The van der Waals surface area contributed by atoms with Gasteiger partial charge in [0.25, 0.3) is 0 Å². The van der Waals surface area contributed by atoms with Crippen molar-refractivity contribution in [3.05, 3.63) is 41.4 Å². The summed E-state index contributed by atoms with van der Waals surface area (Å²) in [6.45, 7) is 4.25. The summed E-state index contributed by atoms with van der Waals surface area (Å²) >= 11 is 0. The molecule has 1 atom stereocenters. The number of methoxy groups -OCH3 is 1. The number of imidazole rings is 1. The number of rotatable bonds is 5. The molecule has 0 amide bonds. The molecule has 1 N–H and O–H groups in total. The summed E-state index contributed by atoms with van der Waals surface area (Å²) in [6.07, 6.45) is 4.84. The number of ether oxygens (including phenoxy) is 1. The monoisotopic (exact) mass is 347 g/mol. The van der Waals surface area contributed by atoms with E-state index in [9.17, 15) is 9.90 Å². The van der Waals surface area contributed by atoms with Gasteiger partial charge in [-0.1, -0.05) is 0 Å². The molecule has 3 heterocycles. The number of aliphatic hydroxyl groups excluding tert-OH is 1. The van der Waals surface area contributed by atoms with E-state index >= 15 is 0 Å². The molecule has 1 aliphatic rings. The summed E-state index contributed by atoms with van der Waals surface area (Å²) in [5, 5.41) is 10.5. The standard InChI is InChI=1S/C18H25N3O4/c1-12-10-14(25-16(12)18(23)24-3)11-21-7-4-13(5-8-21)15(22)17-19-6-9-20(17)2/h6,9-10,13,15,22H,4-5,7-8,11H2,1-3H3. The Morgan fingerprint density at radius 1 is 1.48 bits per heavy atom. The number of nitrogens with zero attached hydrogens (tertiary/aromatic N) is 3. The van der Waals surface area contributed by atoms with E-state index in [1.54, 1.807) is 6.20 Å². The van der Waals surface area contributed by atoms with Gasteiger partial charge in [0, 0.05) is 25.0 Å². The molecule has 0 spiro atoms. The second-order valence-electron chi connectivity index (χ2n) is 6.67. The van der Waals surface area contributed by atoms with Crippen molar-refractivity contribution >= 4 is 5.97 Å². The third-order valence-corrected chi connectivity index (χ3v) is 4.92. The highest BCUT2D eigenvalue weighted by Crippen LogP contribution is 2.30. The highest BCUT2D eigenvalue weighted by Gasteiger charge is 2.29. The van der Waals surface area contributed by atoms with Gasteiger partial charge in [0.15, 0.2) is 0 Å². The largest absolute Gasteiger partial charge is 0.463 e. The number of aromatic nitrogens is 2. The van der Waals surface area contributed by atoms with Gasteiger partial charge >= 0.3 is 5.97 Å². The van der Waals surface area contributed by atoms with Crippen LogP contribution in [0.5, 0.6) is 0 Å². The fraction of sp³-hybridized carbons (Fsp3) is 0.556. The lowest BCUT2D eigenvalue weighted by Gasteiger charge is -2.33. The zero-order chi connectivity index (χ0) is 18.0. The van der Waals surface area contributed by atoms with Crippen molar-refractivity contribution in [1.29, 1.82) is 0 Å². The first kappa shape index (κ1) is 17.7. The zero-order valence-electron chi connectivity index (χ0n) is 14.9. The molecule has 1 unspecified atom stereocenters. The summed E-state index contributed by atoms with van der Waals surface area (Å²) in [5.41, 5.74) is 0.793. The number of carbonyl (C=O) groups is 1. The Balaban J connectivity index is 1.56. The Hall–Kier alpha value is -2.12. The maximum atomic E-state index is 11.6. The van der Waals surface area contributed by atoms with Crippen molar-refractivity contribution in [1.82, 2.24) is 14.5 Å². The first-order chi connectivity index (χ1) is 12.0. The Kier molecular flexibility index (Phi) is 5.24. The van der Waals surface area contributed by atoms with Gasteiger partial charge in [0.1, 0.15) is 17.7 Å². The summed E-state index contributed by atoms with van der Waals surface area (Å²) in [7, 11) is 3.25. The van der Waals surface area contributed by atoms with Crippen molar-refractivity contribution in [3.63, 3.8) is 0 Å². The van der Waals surface area contributed by atoms with E-state index in [1.807, 2.05) is 30.8 Å². The van der Waals surface area contributed by atoms with Crippen LogP contribution >= 0.6 is 0 Å². The van der Waals surface area contributed by atoms with Gasteiger partial charge in [-0.3, -0.25) is 4.90 Å². The highest BCUT2D eigenvalue weighted by atomic mass is 16.5. The number of furan rings is 1. The third kappa shape index (κ3) is 3.77. The molecule has 3 rings (SSSR count). The van der Waals surface area contributed by atoms with Crippen LogP contribution < -0.4 is 0 Å². The number of likely N-dealkylation sites (tertiary alicyclic amines) is 1. The van der Waals surface area contributed by atoms with Crippen LogP contribution in [0.1, 0.15) is 46.6 Å².